The molecule has 1 aliphatic rings. The number of benzene rings is 2. The quantitative estimate of drug-likeness (QED) is 0.560. The lowest BCUT2D eigenvalue weighted by molar-refractivity contribution is -0.384. The van der Waals surface area contributed by atoms with E-state index in [0.717, 1.165) is 11.8 Å². The average Bonchev–Trinajstić information content (AvgIpc) is 2.89. The van der Waals surface area contributed by atoms with Gasteiger partial charge in [-0.15, -0.1) is 0 Å². The Bertz CT molecular complexity index is 1030. The van der Waals surface area contributed by atoms with Crippen molar-refractivity contribution in [2.24, 2.45) is 0 Å². The number of fused-ring (bicyclic) bond motifs is 2. The van der Waals surface area contributed by atoms with Gasteiger partial charge in [0, 0.05) is 35.7 Å². The zero-order chi connectivity index (χ0) is 18.8. The molecule has 0 aliphatic carbocycles. The summed E-state index contributed by atoms with van der Waals surface area (Å²) >= 11 is 0. The highest BCUT2D eigenvalue weighted by Crippen LogP contribution is 2.32. The first-order chi connectivity index (χ1) is 13.1. The van der Waals surface area contributed by atoms with Gasteiger partial charge in [-0.05, 0) is 18.2 Å². The van der Waals surface area contributed by atoms with Crippen LogP contribution in [0, 0.1) is 10.1 Å². The second kappa shape index (κ2) is 6.94. The molecule has 27 heavy (non-hydrogen) atoms. The fourth-order valence-corrected chi connectivity index (χ4v) is 2.88. The van der Waals surface area contributed by atoms with E-state index in [1.54, 1.807) is 30.5 Å². The number of nitrogens with zero attached hydrogens (tertiary/aromatic N) is 3. The van der Waals surface area contributed by atoms with Crippen molar-refractivity contribution >= 4 is 28.2 Å². The van der Waals surface area contributed by atoms with Crippen molar-refractivity contribution < 1.29 is 19.2 Å². The molecule has 0 bridgehead atoms. The molecule has 9 nitrogen and oxygen atoms in total. The van der Waals surface area contributed by atoms with Gasteiger partial charge in [-0.25, -0.2) is 0 Å². The molecular formula is C18H16N4O5. The Kier molecular flexibility index (Phi) is 4.33. The molecule has 0 saturated carbocycles. The van der Waals surface area contributed by atoms with Gasteiger partial charge in [0.15, 0.2) is 11.5 Å². The van der Waals surface area contributed by atoms with Crippen LogP contribution in [0.4, 0.5) is 11.4 Å². The lowest BCUT2D eigenvalue weighted by atomic mass is 10.2. The molecule has 3 aromatic rings. The van der Waals surface area contributed by atoms with E-state index in [-0.39, 0.29) is 18.1 Å². The Balaban J connectivity index is 1.51. The first-order valence-corrected chi connectivity index (χ1v) is 8.39. The smallest absolute Gasteiger partial charge is 0.271 e. The number of nitrogens with one attached hydrogen (secondary N) is 1. The minimum atomic E-state index is -0.478. The van der Waals surface area contributed by atoms with Gasteiger partial charge in [0.25, 0.3) is 5.69 Å². The van der Waals surface area contributed by atoms with Crippen LogP contribution in [0.3, 0.4) is 0 Å². The Morgan fingerprint density at radius 3 is 2.81 bits per heavy atom. The van der Waals surface area contributed by atoms with E-state index in [4.69, 9.17) is 9.47 Å². The molecule has 138 valence electrons. The third kappa shape index (κ3) is 3.52. The van der Waals surface area contributed by atoms with Crippen LogP contribution in [0.1, 0.15) is 6.42 Å². The number of hydrogen-bond donors (Lipinski definition) is 1. The molecule has 0 spiro atoms. The SMILES string of the molecule is O=C(Cn1ncc2ccc([N+](=O)[O-])cc21)Nc1ccc2c(c1)OCCCO2. The predicted octanol–water partition coefficient (Wildman–Crippen LogP) is 2.74. The van der Waals surface area contributed by atoms with E-state index in [1.165, 1.54) is 16.8 Å². The maximum Gasteiger partial charge on any atom is 0.271 e. The molecule has 1 amide bonds. The van der Waals surface area contributed by atoms with Crippen LogP contribution < -0.4 is 14.8 Å². The lowest BCUT2D eigenvalue weighted by Gasteiger charge is -2.10. The van der Waals surface area contributed by atoms with E-state index in [0.29, 0.717) is 35.9 Å². The summed E-state index contributed by atoms with van der Waals surface area (Å²) in [6, 6.07) is 9.62. The van der Waals surface area contributed by atoms with E-state index in [9.17, 15) is 14.9 Å². The summed E-state index contributed by atoms with van der Waals surface area (Å²) in [6.07, 6.45) is 2.37. The van der Waals surface area contributed by atoms with Gasteiger partial charge in [-0.1, -0.05) is 0 Å². The number of nitro groups is 1. The highest BCUT2D eigenvalue weighted by molar-refractivity contribution is 5.92. The number of hydrogen-bond acceptors (Lipinski definition) is 6. The van der Waals surface area contributed by atoms with Crippen molar-refractivity contribution in [1.29, 1.82) is 0 Å². The number of carbonyl (C=O) groups is 1. The number of rotatable bonds is 4. The zero-order valence-electron chi connectivity index (χ0n) is 14.3. The molecule has 0 fully saturated rings. The van der Waals surface area contributed by atoms with E-state index < -0.39 is 4.92 Å². The van der Waals surface area contributed by atoms with Crippen molar-refractivity contribution in [3.05, 3.63) is 52.7 Å². The van der Waals surface area contributed by atoms with Crippen LogP contribution in [-0.4, -0.2) is 33.8 Å². The summed E-state index contributed by atoms with van der Waals surface area (Å²) in [5.74, 6) is 0.933. The van der Waals surface area contributed by atoms with Gasteiger partial charge in [0.05, 0.1) is 29.9 Å². The van der Waals surface area contributed by atoms with Crippen molar-refractivity contribution in [3.8, 4) is 11.5 Å². The van der Waals surface area contributed by atoms with Crippen LogP contribution in [0.15, 0.2) is 42.6 Å². The maximum absolute atomic E-state index is 12.4. The van der Waals surface area contributed by atoms with Gasteiger partial charge in [-0.3, -0.25) is 19.6 Å². The number of amides is 1. The summed E-state index contributed by atoms with van der Waals surface area (Å²) < 4.78 is 12.6. The molecule has 2 aromatic carbocycles. The number of non-ortho nitro benzene ring substituents is 1. The van der Waals surface area contributed by atoms with Gasteiger partial charge in [0.1, 0.15) is 6.54 Å². The molecule has 9 heteroatoms. The monoisotopic (exact) mass is 368 g/mol. The largest absolute Gasteiger partial charge is 0.490 e. The maximum atomic E-state index is 12.4. The first kappa shape index (κ1) is 16.8. The van der Waals surface area contributed by atoms with Crippen LogP contribution in [-0.2, 0) is 11.3 Å². The normalized spacial score (nSPS) is 13.2. The molecule has 0 unspecified atom stereocenters. The van der Waals surface area contributed by atoms with Crippen molar-refractivity contribution in [2.45, 2.75) is 13.0 Å². The standard InChI is InChI=1S/C18H16N4O5/c23-18(20-13-3-5-16-17(8-13)27-7-1-6-26-16)11-21-15-9-14(22(24)25)4-2-12(15)10-19-21/h2-5,8-10H,1,6-7,11H2,(H,20,23). The topological polar surface area (TPSA) is 109 Å². The molecule has 0 saturated heterocycles. The first-order valence-electron chi connectivity index (χ1n) is 8.39. The van der Waals surface area contributed by atoms with Crippen LogP contribution >= 0.6 is 0 Å². The molecule has 0 radical (unpaired) electrons. The van der Waals surface area contributed by atoms with Gasteiger partial charge >= 0.3 is 0 Å². The van der Waals surface area contributed by atoms with Gasteiger partial charge < -0.3 is 14.8 Å². The Hall–Kier alpha value is -3.62. The summed E-state index contributed by atoms with van der Waals surface area (Å²) in [5.41, 5.74) is 1.05. The van der Waals surface area contributed by atoms with Crippen molar-refractivity contribution in [1.82, 2.24) is 9.78 Å². The van der Waals surface area contributed by atoms with Crippen molar-refractivity contribution in [2.75, 3.05) is 18.5 Å². The summed E-state index contributed by atoms with van der Waals surface area (Å²) in [5, 5.41) is 18.6. The second-order valence-electron chi connectivity index (χ2n) is 6.06. The van der Waals surface area contributed by atoms with Crippen LogP contribution in [0.2, 0.25) is 0 Å². The predicted molar refractivity (Wildman–Crippen MR) is 97.1 cm³/mol. The minimum Gasteiger partial charge on any atom is -0.490 e. The van der Waals surface area contributed by atoms with E-state index >= 15 is 0 Å². The average molecular weight is 368 g/mol. The summed E-state index contributed by atoms with van der Waals surface area (Å²) in [4.78, 5) is 22.9. The third-order valence-electron chi connectivity index (χ3n) is 4.16. The molecule has 1 aromatic heterocycles. The fraction of sp³-hybridized carbons (Fsp3) is 0.222. The van der Waals surface area contributed by atoms with Crippen molar-refractivity contribution in [3.63, 3.8) is 0 Å². The summed E-state index contributed by atoms with van der Waals surface area (Å²) in [6.45, 7) is 1.08. The summed E-state index contributed by atoms with van der Waals surface area (Å²) in [7, 11) is 0. The molecular weight excluding hydrogens is 352 g/mol. The molecule has 1 N–H and O–H groups in total. The highest BCUT2D eigenvalue weighted by Gasteiger charge is 2.14. The van der Waals surface area contributed by atoms with E-state index in [1.807, 2.05) is 0 Å². The second-order valence-corrected chi connectivity index (χ2v) is 6.06. The molecule has 0 atom stereocenters. The zero-order valence-corrected chi connectivity index (χ0v) is 14.3. The Labute approximate surface area is 153 Å². The number of carbonyl (C=O) groups excluding carboxylic acids is 1. The minimum absolute atomic E-state index is 0.0486. The number of ether oxygens (including phenoxy) is 2. The van der Waals surface area contributed by atoms with Gasteiger partial charge in [-0.2, -0.15) is 5.10 Å². The Morgan fingerprint density at radius 2 is 2.00 bits per heavy atom. The fourth-order valence-electron chi connectivity index (χ4n) is 2.88. The molecule has 2 heterocycles. The third-order valence-corrected chi connectivity index (χ3v) is 4.16. The van der Waals surface area contributed by atoms with E-state index in [2.05, 4.69) is 10.4 Å². The number of anilines is 1. The highest BCUT2D eigenvalue weighted by atomic mass is 16.6. The number of aromatic nitrogens is 2. The molecule has 4 rings (SSSR count). The lowest BCUT2D eigenvalue weighted by Crippen LogP contribution is -2.19. The van der Waals surface area contributed by atoms with Crippen LogP contribution in [0.25, 0.3) is 10.9 Å². The number of nitro benzene ring substituents is 1. The van der Waals surface area contributed by atoms with Crippen LogP contribution in [0.5, 0.6) is 11.5 Å². The van der Waals surface area contributed by atoms with Gasteiger partial charge in [0.2, 0.25) is 5.91 Å². The molecule has 1 aliphatic heterocycles. The Morgan fingerprint density at radius 1 is 1.19 bits per heavy atom.